The topological polar surface area (TPSA) is 64.0 Å². The van der Waals surface area contributed by atoms with Gasteiger partial charge in [0, 0.05) is 0 Å². The van der Waals surface area contributed by atoms with Gasteiger partial charge in [0.25, 0.3) is 5.56 Å². The third-order valence-electron chi connectivity index (χ3n) is 4.92. The number of carbonyl (C=O) groups is 1. The number of halogens is 4. The number of benzene rings is 3. The van der Waals surface area contributed by atoms with E-state index < -0.39 is 23.5 Å². The molecule has 1 heterocycles. The first-order chi connectivity index (χ1) is 16.2. The summed E-state index contributed by atoms with van der Waals surface area (Å²) in [6.45, 7) is 0.0812. The first-order valence-electron chi connectivity index (χ1n) is 10.1. The van der Waals surface area contributed by atoms with Gasteiger partial charge < -0.3 is 5.32 Å². The van der Waals surface area contributed by atoms with Crippen molar-refractivity contribution < 1.29 is 22.4 Å². The molecule has 1 N–H and O–H groups in total. The molecule has 1 amide bonds. The number of hydrogen-bond donors (Lipinski definition) is 1. The van der Waals surface area contributed by atoms with Crippen molar-refractivity contribution >= 4 is 34.3 Å². The average Bonchev–Trinajstić information content (AvgIpc) is 2.81. The molecular formula is C24H17F4N3O2S. The lowest BCUT2D eigenvalue weighted by Gasteiger charge is -2.15. The number of hydrogen-bond acceptors (Lipinski definition) is 4. The molecule has 5 nitrogen and oxygen atoms in total. The Balaban J connectivity index is 1.61. The van der Waals surface area contributed by atoms with Crippen molar-refractivity contribution in [2.45, 2.75) is 17.9 Å². The maximum Gasteiger partial charge on any atom is 0.418 e. The summed E-state index contributed by atoms with van der Waals surface area (Å²) in [4.78, 5) is 30.1. The maximum absolute atomic E-state index is 13.3. The maximum atomic E-state index is 13.3. The van der Waals surface area contributed by atoms with E-state index in [1.807, 2.05) is 0 Å². The van der Waals surface area contributed by atoms with Gasteiger partial charge in [0.15, 0.2) is 5.16 Å². The van der Waals surface area contributed by atoms with Crippen LogP contribution in [0, 0.1) is 5.82 Å². The van der Waals surface area contributed by atoms with Crippen molar-refractivity contribution in [3.05, 3.63) is 100 Å². The minimum absolute atomic E-state index is 0.0812. The zero-order valence-corrected chi connectivity index (χ0v) is 18.3. The van der Waals surface area contributed by atoms with Gasteiger partial charge in [-0.3, -0.25) is 14.2 Å². The Morgan fingerprint density at radius 2 is 1.65 bits per heavy atom. The lowest BCUT2D eigenvalue weighted by Crippen LogP contribution is -2.25. The molecule has 0 aliphatic rings. The Labute approximate surface area is 195 Å². The predicted octanol–water partition coefficient (Wildman–Crippen LogP) is 5.33. The van der Waals surface area contributed by atoms with E-state index in [0.29, 0.717) is 16.5 Å². The van der Waals surface area contributed by atoms with Crippen LogP contribution in [0.25, 0.3) is 10.9 Å². The molecule has 3 aromatic carbocycles. The number of rotatable bonds is 6. The van der Waals surface area contributed by atoms with Crippen molar-refractivity contribution in [1.82, 2.24) is 9.55 Å². The number of nitrogens with zero attached hydrogens (tertiary/aromatic N) is 2. The van der Waals surface area contributed by atoms with Crippen LogP contribution in [0.4, 0.5) is 23.2 Å². The summed E-state index contributed by atoms with van der Waals surface area (Å²) in [7, 11) is 0. The second-order valence-corrected chi connectivity index (χ2v) is 8.25. The highest BCUT2D eigenvalue weighted by Gasteiger charge is 2.33. The zero-order chi connectivity index (χ0) is 24.3. The molecule has 0 saturated carbocycles. The quantitative estimate of drug-likeness (QED) is 0.227. The van der Waals surface area contributed by atoms with Gasteiger partial charge in [-0.15, -0.1) is 0 Å². The smallest absolute Gasteiger partial charge is 0.325 e. The molecule has 0 aliphatic carbocycles. The highest BCUT2D eigenvalue weighted by atomic mass is 32.2. The fraction of sp³-hybridized carbons (Fsp3) is 0.125. The Morgan fingerprint density at radius 1 is 0.971 bits per heavy atom. The summed E-state index contributed by atoms with van der Waals surface area (Å²) >= 11 is 0.924. The van der Waals surface area contributed by atoms with E-state index in [1.165, 1.54) is 47.0 Å². The summed E-state index contributed by atoms with van der Waals surface area (Å²) in [6, 6.07) is 17.0. The van der Waals surface area contributed by atoms with Gasteiger partial charge in [-0.25, -0.2) is 9.37 Å². The molecule has 1 aromatic heterocycles. The minimum Gasteiger partial charge on any atom is -0.325 e. The van der Waals surface area contributed by atoms with Crippen LogP contribution in [-0.2, 0) is 17.5 Å². The molecule has 4 rings (SSSR count). The van der Waals surface area contributed by atoms with Crippen LogP contribution in [0.15, 0.2) is 82.7 Å². The van der Waals surface area contributed by atoms with Gasteiger partial charge >= 0.3 is 6.18 Å². The number of amides is 1. The lowest BCUT2D eigenvalue weighted by atomic mass is 10.1. The van der Waals surface area contributed by atoms with Gasteiger partial charge in [0.1, 0.15) is 5.82 Å². The van der Waals surface area contributed by atoms with E-state index in [2.05, 4.69) is 10.3 Å². The van der Waals surface area contributed by atoms with Crippen LogP contribution in [0.1, 0.15) is 11.1 Å². The molecule has 0 fully saturated rings. The normalized spacial score (nSPS) is 11.5. The molecule has 4 aromatic rings. The summed E-state index contributed by atoms with van der Waals surface area (Å²) in [5.74, 6) is -1.38. The summed E-state index contributed by atoms with van der Waals surface area (Å²) < 4.78 is 54.2. The Morgan fingerprint density at radius 3 is 2.38 bits per heavy atom. The molecule has 174 valence electrons. The monoisotopic (exact) mass is 487 g/mol. The standard InChI is InChI=1S/C24H17F4N3O2S/c25-16-11-9-15(10-12-16)13-31-22(33)17-5-1-3-7-19(17)30-23(31)34-14-21(32)29-20-8-4-2-6-18(20)24(26,27)28/h1-12H,13-14H2,(H,29,32). The molecule has 10 heteroatoms. The number of aromatic nitrogens is 2. The highest BCUT2D eigenvalue weighted by molar-refractivity contribution is 7.99. The van der Waals surface area contributed by atoms with Gasteiger partial charge in [-0.1, -0.05) is 48.2 Å². The number of fused-ring (bicyclic) bond motifs is 1. The van der Waals surface area contributed by atoms with Crippen LogP contribution in [0.3, 0.4) is 0 Å². The fourth-order valence-electron chi connectivity index (χ4n) is 3.33. The average molecular weight is 487 g/mol. The third-order valence-corrected chi connectivity index (χ3v) is 5.90. The zero-order valence-electron chi connectivity index (χ0n) is 17.5. The molecule has 0 atom stereocenters. The Hall–Kier alpha value is -3.66. The van der Waals surface area contributed by atoms with Crippen LogP contribution >= 0.6 is 11.8 Å². The molecule has 0 unspecified atom stereocenters. The SMILES string of the molecule is O=C(CSc1nc2ccccc2c(=O)n1Cc1ccc(F)cc1)Nc1ccccc1C(F)(F)F. The van der Waals surface area contributed by atoms with Crippen molar-refractivity contribution in [2.24, 2.45) is 0 Å². The van der Waals surface area contributed by atoms with Crippen LogP contribution < -0.4 is 10.9 Å². The van der Waals surface area contributed by atoms with Gasteiger partial charge in [0.2, 0.25) is 5.91 Å². The molecular weight excluding hydrogens is 470 g/mol. The third kappa shape index (κ3) is 5.28. The van der Waals surface area contributed by atoms with Crippen molar-refractivity contribution in [3.63, 3.8) is 0 Å². The van der Waals surface area contributed by atoms with E-state index in [1.54, 1.807) is 24.3 Å². The Bertz CT molecular complexity index is 1400. The summed E-state index contributed by atoms with van der Waals surface area (Å²) in [6.07, 6.45) is -4.62. The summed E-state index contributed by atoms with van der Waals surface area (Å²) in [5.41, 5.74) is -0.583. The second-order valence-electron chi connectivity index (χ2n) is 7.31. The van der Waals surface area contributed by atoms with Crippen LogP contribution in [0.2, 0.25) is 0 Å². The number of thioether (sulfide) groups is 1. The minimum atomic E-state index is -4.62. The number of nitrogens with one attached hydrogen (secondary N) is 1. The number of carbonyl (C=O) groups excluding carboxylic acids is 1. The largest absolute Gasteiger partial charge is 0.418 e. The second kappa shape index (κ2) is 9.68. The molecule has 0 spiro atoms. The van der Waals surface area contributed by atoms with Crippen molar-refractivity contribution in [1.29, 1.82) is 0 Å². The Kier molecular flexibility index (Phi) is 6.69. The van der Waals surface area contributed by atoms with Crippen LogP contribution in [0.5, 0.6) is 0 Å². The number of anilines is 1. The van der Waals surface area contributed by atoms with Crippen LogP contribution in [-0.4, -0.2) is 21.2 Å². The van der Waals surface area contributed by atoms with Gasteiger partial charge in [0.05, 0.1) is 34.5 Å². The van der Waals surface area contributed by atoms with E-state index >= 15 is 0 Å². The first-order valence-corrected chi connectivity index (χ1v) is 11.0. The van der Waals surface area contributed by atoms with E-state index in [9.17, 15) is 27.2 Å². The molecule has 0 bridgehead atoms. The first kappa shape index (κ1) is 23.5. The van der Waals surface area contributed by atoms with Gasteiger partial charge in [-0.05, 0) is 42.0 Å². The van der Waals surface area contributed by atoms with Crippen molar-refractivity contribution in [2.75, 3.05) is 11.1 Å². The fourth-order valence-corrected chi connectivity index (χ4v) is 4.12. The molecule has 34 heavy (non-hydrogen) atoms. The number of para-hydroxylation sites is 2. The van der Waals surface area contributed by atoms with Crippen molar-refractivity contribution in [3.8, 4) is 0 Å². The van der Waals surface area contributed by atoms with E-state index in [4.69, 9.17) is 0 Å². The number of alkyl halides is 3. The van der Waals surface area contributed by atoms with E-state index in [-0.39, 0.29) is 28.7 Å². The van der Waals surface area contributed by atoms with Gasteiger partial charge in [-0.2, -0.15) is 13.2 Å². The molecule has 0 radical (unpaired) electrons. The predicted molar refractivity (Wildman–Crippen MR) is 122 cm³/mol. The summed E-state index contributed by atoms with van der Waals surface area (Å²) in [5, 5.41) is 2.87. The van der Waals surface area contributed by atoms with E-state index in [0.717, 1.165) is 17.8 Å². The molecule has 0 saturated heterocycles. The molecule has 0 aliphatic heterocycles. The lowest BCUT2D eigenvalue weighted by molar-refractivity contribution is -0.137. The highest BCUT2D eigenvalue weighted by Crippen LogP contribution is 2.34.